The maximum absolute atomic E-state index is 13.8. The van der Waals surface area contributed by atoms with Crippen molar-refractivity contribution in [1.82, 2.24) is 0 Å². The molecule has 1 aliphatic heterocycles. The molecule has 2 bridgehead atoms. The fraction of sp³-hybridized carbons (Fsp3) is 0.943. The van der Waals surface area contributed by atoms with Crippen LogP contribution in [0.2, 0.25) is 0 Å². The maximum atomic E-state index is 13.8. The minimum absolute atomic E-state index is 0.0115. The molecule has 5 heteroatoms. The molecule has 0 aromatic heterocycles. The lowest BCUT2D eigenvalue weighted by molar-refractivity contribution is -0.317. The Labute approximate surface area is 242 Å². The van der Waals surface area contributed by atoms with Crippen LogP contribution in [-0.2, 0) is 19.1 Å². The third-order valence-electron chi connectivity index (χ3n) is 14.8. The molecule has 40 heavy (non-hydrogen) atoms. The number of rotatable bonds is 3. The molecular formula is C35H56O5. The SMILES string of the molecule is CC(C)CC(=O)O[C@H]1CC[C@]2(C)[C@H]3C[C@H](O)[C@]45OC(=O)[C@@]6(CCC(C)(C)C[C@H]64)CC[C@@]5(C)[C@]3(C)CC[C@H]2C1(C)C. The van der Waals surface area contributed by atoms with E-state index in [1.807, 2.05) is 0 Å². The van der Waals surface area contributed by atoms with E-state index in [0.29, 0.717) is 30.6 Å². The summed E-state index contributed by atoms with van der Waals surface area (Å²) in [4.78, 5) is 26.6. The van der Waals surface area contributed by atoms with Crippen molar-refractivity contribution in [2.24, 2.45) is 56.2 Å². The molecule has 1 N–H and O–H groups in total. The summed E-state index contributed by atoms with van der Waals surface area (Å²) in [6.45, 7) is 20.9. The number of aliphatic hydroxyl groups is 1. The first kappa shape index (κ1) is 29.0. The highest BCUT2D eigenvalue weighted by Crippen LogP contribution is 2.80. The Hall–Kier alpha value is -1.10. The zero-order valence-corrected chi connectivity index (χ0v) is 26.8. The van der Waals surface area contributed by atoms with Crippen molar-refractivity contribution in [2.45, 2.75) is 151 Å². The first-order valence-corrected chi connectivity index (χ1v) is 16.5. The summed E-state index contributed by atoms with van der Waals surface area (Å²) in [5.74, 6) is 1.06. The van der Waals surface area contributed by atoms with Gasteiger partial charge in [-0.2, -0.15) is 0 Å². The molecule has 0 aromatic rings. The van der Waals surface area contributed by atoms with Crippen molar-refractivity contribution >= 4 is 11.9 Å². The summed E-state index contributed by atoms with van der Waals surface area (Å²) in [6.07, 6.45) is 9.30. The van der Waals surface area contributed by atoms with Gasteiger partial charge in [0.05, 0.1) is 11.5 Å². The zero-order chi connectivity index (χ0) is 29.3. The van der Waals surface area contributed by atoms with Crippen LogP contribution in [0.5, 0.6) is 0 Å². The summed E-state index contributed by atoms with van der Waals surface area (Å²) in [5.41, 5.74) is -1.43. The lowest BCUT2D eigenvalue weighted by Crippen LogP contribution is -2.76. The van der Waals surface area contributed by atoms with Crippen molar-refractivity contribution in [2.75, 3.05) is 0 Å². The lowest BCUT2D eigenvalue weighted by Gasteiger charge is -2.74. The predicted octanol–water partition coefficient (Wildman–Crippen LogP) is 7.48. The third kappa shape index (κ3) is 3.36. The first-order chi connectivity index (χ1) is 18.4. The van der Waals surface area contributed by atoms with Gasteiger partial charge in [0.15, 0.2) is 0 Å². The summed E-state index contributed by atoms with van der Waals surface area (Å²) < 4.78 is 12.9. The van der Waals surface area contributed by atoms with Crippen LogP contribution in [0.3, 0.4) is 0 Å². The van der Waals surface area contributed by atoms with Crippen LogP contribution >= 0.6 is 0 Å². The first-order valence-electron chi connectivity index (χ1n) is 16.5. The van der Waals surface area contributed by atoms with Gasteiger partial charge in [-0.25, -0.2) is 0 Å². The maximum Gasteiger partial charge on any atom is 0.313 e. The van der Waals surface area contributed by atoms with Gasteiger partial charge in [0.2, 0.25) is 0 Å². The molecule has 6 aliphatic rings. The Kier molecular flexibility index (Phi) is 6.16. The van der Waals surface area contributed by atoms with E-state index < -0.39 is 17.1 Å². The standard InChI is InChI=1S/C35H56O5/c1-21(2)18-27(37)39-26-11-12-31(7)22(30(26,5)6)10-13-32(8)23(31)19-25(36)35-24-20-29(3,4)14-16-34(24,28(38)40-35)17-15-33(32,35)9/h21-26,36H,10-20H2,1-9H3/t22-,23+,24+,25-,26-,31-,32+,33-,34-,35+/m0/s1. The van der Waals surface area contributed by atoms with Gasteiger partial charge in [-0.05, 0) is 98.2 Å². The van der Waals surface area contributed by atoms with Crippen molar-refractivity contribution in [1.29, 1.82) is 0 Å². The largest absolute Gasteiger partial charge is 0.462 e. The number of ether oxygens (including phenoxy) is 2. The van der Waals surface area contributed by atoms with Gasteiger partial charge in [0, 0.05) is 23.2 Å². The third-order valence-corrected chi connectivity index (χ3v) is 14.8. The van der Waals surface area contributed by atoms with Crippen molar-refractivity contribution < 1.29 is 24.2 Å². The number of carbonyl (C=O) groups is 2. The van der Waals surface area contributed by atoms with Crippen LogP contribution in [0.4, 0.5) is 0 Å². The monoisotopic (exact) mass is 556 g/mol. The summed E-state index contributed by atoms with van der Waals surface area (Å²) in [5, 5.41) is 12.4. The average molecular weight is 557 g/mol. The van der Waals surface area contributed by atoms with Crippen LogP contribution in [0.25, 0.3) is 0 Å². The molecule has 0 aromatic carbocycles. The normalized spacial score (nSPS) is 52.1. The molecule has 1 saturated heterocycles. The molecule has 5 aliphatic carbocycles. The minimum atomic E-state index is -0.784. The second-order valence-electron chi connectivity index (χ2n) is 17.8. The molecule has 1 heterocycles. The van der Waals surface area contributed by atoms with E-state index in [9.17, 15) is 14.7 Å². The molecule has 0 radical (unpaired) electrons. The van der Waals surface area contributed by atoms with Gasteiger partial charge in [0.1, 0.15) is 11.7 Å². The molecule has 0 unspecified atom stereocenters. The molecule has 5 nitrogen and oxygen atoms in total. The highest BCUT2D eigenvalue weighted by atomic mass is 16.6. The number of esters is 2. The molecule has 226 valence electrons. The second-order valence-corrected chi connectivity index (χ2v) is 17.8. The second kappa shape index (κ2) is 8.50. The Bertz CT molecular complexity index is 1090. The average Bonchev–Trinajstić information content (AvgIpc) is 3.02. The van der Waals surface area contributed by atoms with Gasteiger partial charge in [0.25, 0.3) is 0 Å². The van der Waals surface area contributed by atoms with Crippen molar-refractivity contribution in [3.63, 3.8) is 0 Å². The molecule has 0 amide bonds. The Balaban J connectivity index is 1.37. The van der Waals surface area contributed by atoms with Crippen molar-refractivity contribution in [3.05, 3.63) is 0 Å². The summed E-state index contributed by atoms with van der Waals surface area (Å²) in [7, 11) is 0. The lowest BCUT2D eigenvalue weighted by atomic mass is 9.30. The van der Waals surface area contributed by atoms with Crippen LogP contribution < -0.4 is 0 Å². The fourth-order valence-electron chi connectivity index (χ4n) is 12.6. The molecular weight excluding hydrogens is 500 g/mol. The van der Waals surface area contributed by atoms with Gasteiger partial charge >= 0.3 is 11.9 Å². The van der Waals surface area contributed by atoms with E-state index in [1.165, 1.54) is 0 Å². The van der Waals surface area contributed by atoms with Gasteiger partial charge in [-0.1, -0.05) is 62.3 Å². The number of hydrogen-bond acceptors (Lipinski definition) is 5. The summed E-state index contributed by atoms with van der Waals surface area (Å²) >= 11 is 0. The fourth-order valence-corrected chi connectivity index (χ4v) is 12.6. The van der Waals surface area contributed by atoms with E-state index in [-0.39, 0.29) is 51.0 Å². The van der Waals surface area contributed by atoms with Gasteiger partial charge in [-0.15, -0.1) is 0 Å². The van der Waals surface area contributed by atoms with E-state index >= 15 is 0 Å². The number of hydrogen-bond donors (Lipinski definition) is 1. The highest BCUT2D eigenvalue weighted by Gasteiger charge is 2.83. The van der Waals surface area contributed by atoms with E-state index in [2.05, 4.69) is 62.3 Å². The molecule has 5 saturated carbocycles. The van der Waals surface area contributed by atoms with Crippen LogP contribution in [0.1, 0.15) is 133 Å². The molecule has 6 fully saturated rings. The van der Waals surface area contributed by atoms with Gasteiger partial charge in [-0.3, -0.25) is 9.59 Å². The van der Waals surface area contributed by atoms with E-state index in [0.717, 1.165) is 57.8 Å². The smallest absolute Gasteiger partial charge is 0.313 e. The topological polar surface area (TPSA) is 72.8 Å². The number of aliphatic hydroxyl groups excluding tert-OH is 1. The Morgan fingerprint density at radius 2 is 1.60 bits per heavy atom. The predicted molar refractivity (Wildman–Crippen MR) is 155 cm³/mol. The minimum Gasteiger partial charge on any atom is -0.462 e. The van der Waals surface area contributed by atoms with Crippen molar-refractivity contribution in [3.8, 4) is 0 Å². The van der Waals surface area contributed by atoms with E-state index in [1.54, 1.807) is 0 Å². The van der Waals surface area contributed by atoms with Crippen LogP contribution in [0, 0.1) is 56.2 Å². The molecule has 6 rings (SSSR count). The zero-order valence-electron chi connectivity index (χ0n) is 26.8. The Morgan fingerprint density at radius 1 is 0.925 bits per heavy atom. The number of carbonyl (C=O) groups excluding carboxylic acids is 2. The molecule has 10 atom stereocenters. The highest BCUT2D eigenvalue weighted by molar-refractivity contribution is 5.82. The molecule has 1 spiro atoms. The van der Waals surface area contributed by atoms with E-state index in [4.69, 9.17) is 9.47 Å². The number of fused-ring (bicyclic) bond motifs is 4. The van der Waals surface area contributed by atoms with Crippen LogP contribution in [0.15, 0.2) is 0 Å². The Morgan fingerprint density at radius 3 is 2.27 bits per heavy atom. The summed E-state index contributed by atoms with van der Waals surface area (Å²) in [6, 6.07) is 0. The van der Waals surface area contributed by atoms with Crippen LogP contribution in [-0.4, -0.2) is 34.9 Å². The van der Waals surface area contributed by atoms with Gasteiger partial charge < -0.3 is 14.6 Å². The quantitative estimate of drug-likeness (QED) is 0.365.